The second kappa shape index (κ2) is 8.41. The third-order valence-corrected chi connectivity index (χ3v) is 4.00. The molecular formula is C20H13ClN2O6. The van der Waals surface area contributed by atoms with E-state index in [2.05, 4.69) is 10.3 Å². The molecule has 3 aromatic rings. The van der Waals surface area contributed by atoms with Crippen molar-refractivity contribution in [2.24, 2.45) is 0 Å². The van der Waals surface area contributed by atoms with Crippen LogP contribution in [0, 0.1) is 0 Å². The van der Waals surface area contributed by atoms with E-state index in [0.717, 1.165) is 12.1 Å². The van der Waals surface area contributed by atoms with Gasteiger partial charge in [-0.15, -0.1) is 0 Å². The fourth-order valence-corrected chi connectivity index (χ4v) is 2.61. The van der Waals surface area contributed by atoms with Crippen LogP contribution < -0.4 is 10.1 Å². The van der Waals surface area contributed by atoms with Crippen molar-refractivity contribution in [1.82, 2.24) is 4.98 Å². The minimum Gasteiger partial charge on any atom is -0.478 e. The fourth-order valence-electron chi connectivity index (χ4n) is 2.45. The quantitative estimate of drug-likeness (QED) is 0.554. The lowest BCUT2D eigenvalue weighted by molar-refractivity contribution is 0.0651. The maximum atomic E-state index is 12.4. The van der Waals surface area contributed by atoms with Gasteiger partial charge in [-0.1, -0.05) is 23.7 Å². The number of ether oxygens (including phenoxy) is 1. The summed E-state index contributed by atoms with van der Waals surface area (Å²) in [6.45, 7) is 0. The van der Waals surface area contributed by atoms with Crippen LogP contribution in [0.3, 0.4) is 0 Å². The van der Waals surface area contributed by atoms with Gasteiger partial charge in [-0.2, -0.15) is 0 Å². The Morgan fingerprint density at radius 2 is 1.66 bits per heavy atom. The Balaban J connectivity index is 1.88. The Bertz CT molecular complexity index is 1120. The summed E-state index contributed by atoms with van der Waals surface area (Å²) in [4.78, 5) is 38.8. The third kappa shape index (κ3) is 4.69. The number of halogens is 1. The minimum atomic E-state index is -1.40. The second-order valence-electron chi connectivity index (χ2n) is 5.73. The van der Waals surface area contributed by atoms with Gasteiger partial charge in [0, 0.05) is 11.2 Å². The molecule has 3 N–H and O–H groups in total. The molecule has 0 aliphatic heterocycles. The van der Waals surface area contributed by atoms with Crippen molar-refractivity contribution in [2.75, 3.05) is 5.32 Å². The average molecular weight is 413 g/mol. The molecule has 0 saturated heterocycles. The van der Waals surface area contributed by atoms with Gasteiger partial charge >= 0.3 is 11.9 Å². The number of nitrogens with one attached hydrogen (secondary N) is 1. The fraction of sp³-hybridized carbons (Fsp3) is 0. The SMILES string of the molecule is O=C(Nc1ccccc1Oc1ccc(C(=O)O)c(C(=O)O)c1)c1cc(Cl)ccn1. The summed E-state index contributed by atoms with van der Waals surface area (Å²) >= 11 is 5.87. The van der Waals surface area contributed by atoms with Crippen LogP contribution in [0.15, 0.2) is 60.8 Å². The number of benzene rings is 2. The van der Waals surface area contributed by atoms with Crippen molar-refractivity contribution in [2.45, 2.75) is 0 Å². The van der Waals surface area contributed by atoms with Crippen LogP contribution in [0.25, 0.3) is 0 Å². The molecule has 0 radical (unpaired) electrons. The van der Waals surface area contributed by atoms with Crippen molar-refractivity contribution < 1.29 is 29.3 Å². The van der Waals surface area contributed by atoms with Crippen LogP contribution in [0.2, 0.25) is 5.02 Å². The van der Waals surface area contributed by atoms with E-state index in [-0.39, 0.29) is 22.8 Å². The monoisotopic (exact) mass is 412 g/mol. The van der Waals surface area contributed by atoms with E-state index in [1.54, 1.807) is 24.3 Å². The van der Waals surface area contributed by atoms with Gasteiger partial charge in [0.1, 0.15) is 11.4 Å². The smallest absolute Gasteiger partial charge is 0.336 e. The summed E-state index contributed by atoms with van der Waals surface area (Å²) in [6, 6.07) is 13.0. The predicted octanol–water partition coefficient (Wildman–Crippen LogP) is 4.18. The zero-order chi connectivity index (χ0) is 21.0. The van der Waals surface area contributed by atoms with Crippen molar-refractivity contribution >= 4 is 35.1 Å². The van der Waals surface area contributed by atoms with E-state index in [4.69, 9.17) is 21.4 Å². The zero-order valence-corrected chi connectivity index (χ0v) is 15.4. The second-order valence-corrected chi connectivity index (χ2v) is 6.17. The van der Waals surface area contributed by atoms with Crippen LogP contribution in [0.5, 0.6) is 11.5 Å². The minimum absolute atomic E-state index is 0.0926. The largest absolute Gasteiger partial charge is 0.478 e. The Kier molecular flexibility index (Phi) is 5.75. The standard InChI is InChI=1S/C20H13ClN2O6/c21-11-7-8-22-16(9-11)18(24)23-15-3-1-2-4-17(15)29-12-5-6-13(19(25)26)14(10-12)20(27)28/h1-10H,(H,23,24)(H,25,26)(H,27,28). The van der Waals surface area contributed by atoms with E-state index in [0.29, 0.717) is 10.7 Å². The molecular weight excluding hydrogens is 400 g/mol. The number of carboxylic acids is 2. The zero-order valence-electron chi connectivity index (χ0n) is 14.6. The highest BCUT2D eigenvalue weighted by atomic mass is 35.5. The Morgan fingerprint density at radius 1 is 0.931 bits per heavy atom. The number of amides is 1. The van der Waals surface area contributed by atoms with Gasteiger partial charge in [0.05, 0.1) is 16.8 Å². The molecule has 1 aromatic heterocycles. The molecule has 0 fully saturated rings. The number of aromatic nitrogens is 1. The molecule has 0 spiro atoms. The number of carboxylic acid groups (broad SMARTS) is 2. The number of para-hydroxylation sites is 2. The molecule has 0 saturated carbocycles. The molecule has 0 aliphatic carbocycles. The van der Waals surface area contributed by atoms with E-state index in [9.17, 15) is 19.5 Å². The molecule has 29 heavy (non-hydrogen) atoms. The number of carbonyl (C=O) groups excluding carboxylic acids is 1. The van der Waals surface area contributed by atoms with E-state index in [1.807, 2.05) is 0 Å². The van der Waals surface area contributed by atoms with E-state index >= 15 is 0 Å². The molecule has 0 atom stereocenters. The van der Waals surface area contributed by atoms with Gasteiger partial charge in [-0.25, -0.2) is 9.59 Å². The van der Waals surface area contributed by atoms with E-state index < -0.39 is 23.4 Å². The average Bonchev–Trinajstić information content (AvgIpc) is 2.69. The van der Waals surface area contributed by atoms with Gasteiger partial charge in [0.25, 0.3) is 5.91 Å². The summed E-state index contributed by atoms with van der Waals surface area (Å²) in [6.07, 6.45) is 1.40. The summed E-state index contributed by atoms with van der Waals surface area (Å²) < 4.78 is 5.68. The number of aromatic carboxylic acids is 2. The first-order valence-corrected chi connectivity index (χ1v) is 8.53. The normalized spacial score (nSPS) is 10.2. The number of hydrogen-bond donors (Lipinski definition) is 3. The lowest BCUT2D eigenvalue weighted by Gasteiger charge is -2.13. The number of pyridine rings is 1. The summed E-state index contributed by atoms with van der Waals surface area (Å²) in [5.74, 6) is -2.97. The molecule has 2 aromatic carbocycles. The molecule has 1 amide bonds. The molecule has 146 valence electrons. The summed E-state index contributed by atoms with van der Waals surface area (Å²) in [5, 5.41) is 21.3. The van der Waals surface area contributed by atoms with Gasteiger partial charge in [0.2, 0.25) is 0 Å². The van der Waals surface area contributed by atoms with Crippen LogP contribution in [0.4, 0.5) is 5.69 Å². The number of anilines is 1. The Labute approximate surface area is 169 Å². The topological polar surface area (TPSA) is 126 Å². The molecule has 1 heterocycles. The highest BCUT2D eigenvalue weighted by Crippen LogP contribution is 2.31. The highest BCUT2D eigenvalue weighted by Gasteiger charge is 2.18. The van der Waals surface area contributed by atoms with Crippen molar-refractivity contribution in [3.8, 4) is 11.5 Å². The lowest BCUT2D eigenvalue weighted by Crippen LogP contribution is -2.14. The van der Waals surface area contributed by atoms with Crippen molar-refractivity contribution in [3.63, 3.8) is 0 Å². The number of rotatable bonds is 6. The van der Waals surface area contributed by atoms with Crippen molar-refractivity contribution in [3.05, 3.63) is 82.6 Å². The van der Waals surface area contributed by atoms with Crippen LogP contribution >= 0.6 is 11.6 Å². The maximum Gasteiger partial charge on any atom is 0.336 e. The summed E-state index contributed by atoms with van der Waals surface area (Å²) in [7, 11) is 0. The third-order valence-electron chi connectivity index (χ3n) is 3.77. The number of hydrogen-bond acceptors (Lipinski definition) is 5. The van der Waals surface area contributed by atoms with Crippen molar-refractivity contribution in [1.29, 1.82) is 0 Å². The Morgan fingerprint density at radius 3 is 2.34 bits per heavy atom. The molecule has 3 rings (SSSR count). The number of carbonyl (C=O) groups is 3. The van der Waals surface area contributed by atoms with Gasteiger partial charge in [-0.3, -0.25) is 9.78 Å². The van der Waals surface area contributed by atoms with Crippen LogP contribution in [-0.4, -0.2) is 33.0 Å². The molecule has 9 heteroatoms. The van der Waals surface area contributed by atoms with Crippen LogP contribution in [0.1, 0.15) is 31.2 Å². The first kappa shape index (κ1) is 19.8. The van der Waals surface area contributed by atoms with E-state index in [1.165, 1.54) is 24.4 Å². The maximum absolute atomic E-state index is 12.4. The lowest BCUT2D eigenvalue weighted by atomic mass is 10.1. The highest BCUT2D eigenvalue weighted by molar-refractivity contribution is 6.31. The van der Waals surface area contributed by atoms with Crippen LogP contribution in [-0.2, 0) is 0 Å². The molecule has 0 unspecified atom stereocenters. The Hall–Kier alpha value is -3.91. The van der Waals surface area contributed by atoms with Gasteiger partial charge in [-0.05, 0) is 42.5 Å². The molecule has 8 nitrogen and oxygen atoms in total. The van der Waals surface area contributed by atoms with Gasteiger partial charge < -0.3 is 20.3 Å². The molecule has 0 bridgehead atoms. The number of nitrogens with zero attached hydrogens (tertiary/aromatic N) is 1. The predicted molar refractivity (Wildman–Crippen MR) is 104 cm³/mol. The summed E-state index contributed by atoms with van der Waals surface area (Å²) in [5.41, 5.74) is -0.372. The first-order chi connectivity index (χ1) is 13.8. The first-order valence-electron chi connectivity index (χ1n) is 8.15. The molecule has 0 aliphatic rings. The van der Waals surface area contributed by atoms with Gasteiger partial charge in [0.15, 0.2) is 5.75 Å².